The number of aromatic nitrogens is 4. The molecule has 2 aromatic heterocycles. The molecule has 10 heteroatoms. The molecular weight excluding hydrogens is 414 g/mol. The summed E-state index contributed by atoms with van der Waals surface area (Å²) in [4.78, 5) is 27.8. The van der Waals surface area contributed by atoms with E-state index >= 15 is 0 Å². The largest absolute Gasteiger partial charge is 0.394 e. The normalized spacial score (nSPS) is 29.4. The van der Waals surface area contributed by atoms with E-state index in [0.29, 0.717) is 29.8 Å². The maximum absolute atomic E-state index is 12.9. The van der Waals surface area contributed by atoms with Gasteiger partial charge in [0.1, 0.15) is 30.2 Å². The average molecular weight is 439 g/mol. The van der Waals surface area contributed by atoms with Crippen molar-refractivity contribution < 1.29 is 24.9 Å². The molecular formula is C22H25N5O5. The highest BCUT2D eigenvalue weighted by atomic mass is 16.6. The minimum absolute atomic E-state index is 0.0558. The summed E-state index contributed by atoms with van der Waals surface area (Å²) >= 11 is 0. The summed E-state index contributed by atoms with van der Waals surface area (Å²) < 4.78 is 7.14. The Balaban J connectivity index is 1.35. The van der Waals surface area contributed by atoms with Crippen molar-refractivity contribution in [3.8, 4) is 0 Å². The molecule has 32 heavy (non-hydrogen) atoms. The fraction of sp³-hybridized carbons (Fsp3) is 0.455. The first-order valence-electron chi connectivity index (χ1n) is 10.6. The van der Waals surface area contributed by atoms with Crippen molar-refractivity contribution in [2.45, 2.75) is 43.4 Å². The predicted molar refractivity (Wildman–Crippen MR) is 112 cm³/mol. The number of fused-ring (bicyclic) bond motifs is 1. The summed E-state index contributed by atoms with van der Waals surface area (Å²) in [5.41, 5.74) is 2.74. The minimum atomic E-state index is -1.23. The van der Waals surface area contributed by atoms with E-state index in [1.807, 2.05) is 30.3 Å². The molecule has 168 valence electrons. The van der Waals surface area contributed by atoms with E-state index in [1.165, 1.54) is 17.2 Å². The number of imidazole rings is 1. The third-order valence-corrected chi connectivity index (χ3v) is 6.28. The fourth-order valence-corrected chi connectivity index (χ4v) is 4.43. The molecule has 6 atom stereocenters. The molecule has 0 spiro atoms. The van der Waals surface area contributed by atoms with Crippen LogP contribution in [0.1, 0.15) is 29.8 Å². The Kier molecular flexibility index (Phi) is 5.38. The van der Waals surface area contributed by atoms with Gasteiger partial charge in [-0.2, -0.15) is 0 Å². The first kappa shape index (κ1) is 21.0. The van der Waals surface area contributed by atoms with Crippen LogP contribution in [0.2, 0.25) is 0 Å². The highest BCUT2D eigenvalue weighted by molar-refractivity contribution is 5.84. The quantitative estimate of drug-likeness (QED) is 0.496. The smallest absolute Gasteiger partial charge is 0.226 e. The van der Waals surface area contributed by atoms with Gasteiger partial charge in [-0.1, -0.05) is 30.3 Å². The molecule has 3 heterocycles. The molecule has 3 aromatic rings. The van der Waals surface area contributed by atoms with Crippen LogP contribution in [-0.4, -0.2) is 77.6 Å². The number of carbonyl (C=O) groups excluding carboxylic acids is 1. The van der Waals surface area contributed by atoms with Crippen LogP contribution in [0, 0.1) is 5.92 Å². The van der Waals surface area contributed by atoms with E-state index in [0.717, 1.165) is 5.56 Å². The van der Waals surface area contributed by atoms with Gasteiger partial charge in [-0.3, -0.25) is 9.36 Å². The predicted octanol–water partition coefficient (Wildman–Crippen LogP) is 0.200. The van der Waals surface area contributed by atoms with Crippen molar-refractivity contribution >= 4 is 17.1 Å². The van der Waals surface area contributed by atoms with Gasteiger partial charge in [-0.25, -0.2) is 15.0 Å². The lowest BCUT2D eigenvalue weighted by atomic mass is 10.1. The summed E-state index contributed by atoms with van der Waals surface area (Å²) in [6.07, 6.45) is -0.693. The fourth-order valence-electron chi connectivity index (χ4n) is 4.43. The SMILES string of the molecule is CN(Cc1ccccc1)C(=O)[C@H]1C[C@@H]1c1ncnc2c1ncn2[C@@H]1O[C@H](CO)[C@@H](O)[C@H]1O. The molecule has 1 saturated heterocycles. The van der Waals surface area contributed by atoms with E-state index in [-0.39, 0.29) is 17.7 Å². The maximum Gasteiger partial charge on any atom is 0.226 e. The summed E-state index contributed by atoms with van der Waals surface area (Å²) in [6.45, 7) is 0.131. The van der Waals surface area contributed by atoms with Crippen LogP contribution in [0.5, 0.6) is 0 Å². The van der Waals surface area contributed by atoms with E-state index < -0.39 is 31.1 Å². The van der Waals surface area contributed by atoms with E-state index in [9.17, 15) is 20.1 Å². The molecule has 10 nitrogen and oxygen atoms in total. The van der Waals surface area contributed by atoms with Crippen molar-refractivity contribution in [2.24, 2.45) is 5.92 Å². The zero-order valence-electron chi connectivity index (χ0n) is 17.5. The van der Waals surface area contributed by atoms with Crippen LogP contribution in [0.3, 0.4) is 0 Å². The number of carbonyl (C=O) groups is 1. The number of aliphatic hydroxyl groups excluding tert-OH is 3. The zero-order chi connectivity index (χ0) is 22.4. The van der Waals surface area contributed by atoms with Crippen LogP contribution in [0.15, 0.2) is 43.0 Å². The Morgan fingerprint density at radius 3 is 2.69 bits per heavy atom. The second-order valence-corrected chi connectivity index (χ2v) is 8.44. The second kappa shape index (κ2) is 8.21. The zero-order valence-corrected chi connectivity index (χ0v) is 17.5. The number of nitrogens with zero attached hydrogens (tertiary/aromatic N) is 5. The van der Waals surface area contributed by atoms with Crippen LogP contribution in [-0.2, 0) is 16.1 Å². The number of aliphatic hydroxyl groups is 3. The van der Waals surface area contributed by atoms with Gasteiger partial charge < -0.3 is 25.0 Å². The lowest BCUT2D eigenvalue weighted by Crippen LogP contribution is -2.33. The van der Waals surface area contributed by atoms with Crippen molar-refractivity contribution in [3.05, 3.63) is 54.2 Å². The summed E-state index contributed by atoms with van der Waals surface area (Å²) in [5.74, 6) is -0.158. The first-order valence-corrected chi connectivity index (χ1v) is 10.6. The van der Waals surface area contributed by atoms with Crippen molar-refractivity contribution in [1.29, 1.82) is 0 Å². The number of hydrogen-bond acceptors (Lipinski definition) is 8. The molecule has 3 N–H and O–H groups in total. The second-order valence-electron chi connectivity index (χ2n) is 8.44. The number of ether oxygens (including phenoxy) is 1. The average Bonchev–Trinajstić information content (AvgIpc) is 3.41. The van der Waals surface area contributed by atoms with E-state index in [4.69, 9.17) is 4.74 Å². The molecule has 1 aromatic carbocycles. The first-order chi connectivity index (χ1) is 15.5. The monoisotopic (exact) mass is 439 g/mol. The summed E-state index contributed by atoms with van der Waals surface area (Å²) in [6, 6.07) is 9.84. The molecule has 1 amide bonds. The Morgan fingerprint density at radius 2 is 1.97 bits per heavy atom. The molecule has 2 fully saturated rings. The molecule has 1 aliphatic carbocycles. The molecule has 0 unspecified atom stereocenters. The topological polar surface area (TPSA) is 134 Å². The molecule has 5 rings (SSSR count). The van der Waals surface area contributed by atoms with Crippen molar-refractivity contribution in [3.63, 3.8) is 0 Å². The van der Waals surface area contributed by atoms with Crippen LogP contribution in [0.25, 0.3) is 11.2 Å². The Labute approximate surface area is 184 Å². The van der Waals surface area contributed by atoms with Gasteiger partial charge >= 0.3 is 0 Å². The van der Waals surface area contributed by atoms with E-state index in [2.05, 4.69) is 15.0 Å². The number of benzene rings is 1. The highest BCUT2D eigenvalue weighted by Crippen LogP contribution is 2.49. The maximum atomic E-state index is 12.9. The standard InChI is InChI=1S/C22H25N5O5/c1-26(8-12-5-3-2-4-6-12)21(31)14-7-13(14)16-17-20(24-10-23-16)27(11-25-17)22-19(30)18(29)15(9-28)32-22/h2-6,10-11,13-15,18-19,22,28-30H,7-9H2,1H3/t13-,14-,15+,18+,19+,22+/m0/s1. The molecule has 1 aliphatic heterocycles. The van der Waals surface area contributed by atoms with Gasteiger partial charge in [0.2, 0.25) is 5.91 Å². The lowest BCUT2D eigenvalue weighted by molar-refractivity contribution is -0.131. The highest BCUT2D eigenvalue weighted by Gasteiger charge is 2.48. The van der Waals surface area contributed by atoms with Crippen LogP contribution < -0.4 is 0 Å². The third-order valence-electron chi connectivity index (χ3n) is 6.28. The molecule has 0 radical (unpaired) electrons. The Bertz CT molecular complexity index is 1120. The summed E-state index contributed by atoms with van der Waals surface area (Å²) in [7, 11) is 1.80. The van der Waals surface area contributed by atoms with Crippen LogP contribution >= 0.6 is 0 Å². The lowest BCUT2D eigenvalue weighted by Gasteiger charge is -2.17. The van der Waals surface area contributed by atoms with Gasteiger partial charge in [-0.05, 0) is 12.0 Å². The van der Waals surface area contributed by atoms with Crippen molar-refractivity contribution in [1.82, 2.24) is 24.4 Å². The number of rotatable bonds is 6. The van der Waals surface area contributed by atoms with Crippen molar-refractivity contribution in [2.75, 3.05) is 13.7 Å². The van der Waals surface area contributed by atoms with Gasteiger partial charge in [0.15, 0.2) is 11.9 Å². The van der Waals surface area contributed by atoms with Gasteiger partial charge in [0, 0.05) is 25.4 Å². The van der Waals surface area contributed by atoms with Gasteiger partial charge in [0.25, 0.3) is 0 Å². The number of hydrogen-bond donors (Lipinski definition) is 3. The Morgan fingerprint density at radius 1 is 1.19 bits per heavy atom. The number of amides is 1. The van der Waals surface area contributed by atoms with E-state index in [1.54, 1.807) is 11.9 Å². The Hall–Kier alpha value is -2.92. The summed E-state index contributed by atoms with van der Waals surface area (Å²) in [5, 5.41) is 29.8. The van der Waals surface area contributed by atoms with Gasteiger partial charge in [0.05, 0.1) is 18.6 Å². The molecule has 2 aliphatic rings. The molecule has 1 saturated carbocycles. The third kappa shape index (κ3) is 3.55. The van der Waals surface area contributed by atoms with Crippen LogP contribution in [0.4, 0.5) is 0 Å². The minimum Gasteiger partial charge on any atom is -0.394 e. The molecule has 0 bridgehead atoms. The van der Waals surface area contributed by atoms with Gasteiger partial charge in [-0.15, -0.1) is 0 Å².